The van der Waals surface area contributed by atoms with E-state index in [1.54, 1.807) is 13.0 Å². The number of hydrogen-bond acceptors (Lipinski definition) is 4. The minimum absolute atomic E-state index is 0.0492. The predicted octanol–water partition coefficient (Wildman–Crippen LogP) is -0.187. The van der Waals surface area contributed by atoms with Crippen molar-refractivity contribution < 1.29 is 14.3 Å². The van der Waals surface area contributed by atoms with Crippen molar-refractivity contribution in [1.29, 1.82) is 0 Å². The van der Waals surface area contributed by atoms with Gasteiger partial charge in [0.2, 0.25) is 11.8 Å². The number of nitrogens with two attached hydrogens (primary N) is 1. The lowest BCUT2D eigenvalue weighted by Crippen LogP contribution is -2.29. The highest BCUT2D eigenvalue weighted by atomic mass is 16.5. The average molecular weight is 229 g/mol. The van der Waals surface area contributed by atoms with Crippen molar-refractivity contribution in [2.75, 3.05) is 13.2 Å². The van der Waals surface area contributed by atoms with Crippen LogP contribution in [-0.2, 0) is 14.3 Å². The molecule has 0 heterocycles. The number of amides is 2. The van der Waals surface area contributed by atoms with Gasteiger partial charge in [-0.15, -0.1) is 0 Å². The first kappa shape index (κ1) is 14.4. The van der Waals surface area contributed by atoms with Crippen LogP contribution in [-0.4, -0.2) is 25.0 Å². The van der Waals surface area contributed by atoms with Crippen molar-refractivity contribution in [3.05, 3.63) is 11.8 Å². The molecule has 6 nitrogen and oxygen atoms in total. The summed E-state index contributed by atoms with van der Waals surface area (Å²) in [5.41, 5.74) is 2.02. The number of allylic oxidation sites excluding steroid dienone is 1. The van der Waals surface area contributed by atoms with Gasteiger partial charge in [0.05, 0.1) is 12.4 Å². The van der Waals surface area contributed by atoms with E-state index in [-0.39, 0.29) is 18.2 Å². The fourth-order valence-electron chi connectivity index (χ4n) is 0.924. The molecule has 2 amide bonds. The monoisotopic (exact) mass is 229 g/mol. The number of nitrogens with one attached hydrogen (secondary N) is 2. The Kier molecular flexibility index (Phi) is 7.87. The largest absolute Gasteiger partial charge is 0.498 e. The highest BCUT2D eigenvalue weighted by molar-refractivity contribution is 5.76. The Balaban J connectivity index is 3.53. The quantitative estimate of drug-likeness (QED) is 0.185. The topological polar surface area (TPSA) is 93.4 Å². The maximum Gasteiger partial charge on any atom is 0.237 e. The molecule has 0 aromatic heterocycles. The zero-order chi connectivity index (χ0) is 12.4. The van der Waals surface area contributed by atoms with E-state index in [9.17, 15) is 9.59 Å². The van der Waals surface area contributed by atoms with Gasteiger partial charge in [0, 0.05) is 19.9 Å². The number of carbonyl (C=O) groups excluding carboxylic acids is 2. The van der Waals surface area contributed by atoms with Gasteiger partial charge in [0.15, 0.2) is 0 Å². The third kappa shape index (κ3) is 9.01. The summed E-state index contributed by atoms with van der Waals surface area (Å²) in [6.07, 6.45) is 2.59. The lowest BCUT2D eigenvalue weighted by Gasteiger charge is -2.06. The Bertz CT molecular complexity index is 264. The van der Waals surface area contributed by atoms with Gasteiger partial charge in [-0.3, -0.25) is 15.0 Å². The zero-order valence-corrected chi connectivity index (χ0v) is 9.71. The van der Waals surface area contributed by atoms with Gasteiger partial charge >= 0.3 is 0 Å². The van der Waals surface area contributed by atoms with Crippen molar-refractivity contribution in [2.24, 2.45) is 5.84 Å². The van der Waals surface area contributed by atoms with E-state index in [4.69, 9.17) is 10.6 Å². The highest BCUT2D eigenvalue weighted by Crippen LogP contribution is 1.98. The Morgan fingerprint density at radius 3 is 2.62 bits per heavy atom. The molecule has 0 spiro atoms. The molecule has 0 saturated heterocycles. The standard InChI is InChI=1S/C10H19N3O3/c1-8(4-5-10(15)13-11)16-7-3-6-12-9(2)14/h4H,3,5-7,11H2,1-2H3,(H,12,14)(H,13,15)/b8-4-. The molecule has 0 rings (SSSR count). The lowest BCUT2D eigenvalue weighted by atomic mass is 10.3. The van der Waals surface area contributed by atoms with Crippen molar-refractivity contribution in [3.8, 4) is 0 Å². The van der Waals surface area contributed by atoms with Crippen LogP contribution in [0.5, 0.6) is 0 Å². The van der Waals surface area contributed by atoms with Crippen molar-refractivity contribution in [1.82, 2.24) is 10.7 Å². The summed E-state index contributed by atoms with van der Waals surface area (Å²) < 4.78 is 5.31. The summed E-state index contributed by atoms with van der Waals surface area (Å²) in [4.78, 5) is 21.3. The van der Waals surface area contributed by atoms with Crippen LogP contribution >= 0.6 is 0 Å². The molecule has 0 aromatic rings. The minimum atomic E-state index is -0.263. The van der Waals surface area contributed by atoms with Crippen LogP contribution in [0.15, 0.2) is 11.8 Å². The molecule has 0 aliphatic carbocycles. The van der Waals surface area contributed by atoms with E-state index < -0.39 is 0 Å². The zero-order valence-electron chi connectivity index (χ0n) is 9.71. The van der Waals surface area contributed by atoms with E-state index in [1.807, 2.05) is 5.43 Å². The van der Waals surface area contributed by atoms with Gasteiger partial charge < -0.3 is 10.1 Å². The first-order valence-corrected chi connectivity index (χ1v) is 5.09. The Hall–Kier alpha value is -1.56. The molecule has 0 fully saturated rings. The smallest absolute Gasteiger partial charge is 0.237 e. The maximum absolute atomic E-state index is 10.8. The molecule has 0 saturated carbocycles. The van der Waals surface area contributed by atoms with Gasteiger partial charge in [-0.1, -0.05) is 0 Å². The van der Waals surface area contributed by atoms with E-state index >= 15 is 0 Å². The molecule has 0 unspecified atom stereocenters. The third-order valence-corrected chi connectivity index (χ3v) is 1.76. The van der Waals surface area contributed by atoms with Gasteiger partial charge in [-0.2, -0.15) is 0 Å². The van der Waals surface area contributed by atoms with Crippen LogP contribution in [0.25, 0.3) is 0 Å². The van der Waals surface area contributed by atoms with Crippen LogP contribution in [0, 0.1) is 0 Å². The average Bonchev–Trinajstić information content (AvgIpc) is 2.24. The number of rotatable bonds is 7. The van der Waals surface area contributed by atoms with Crippen LogP contribution in [0.4, 0.5) is 0 Å². The molecular weight excluding hydrogens is 210 g/mol. The summed E-state index contributed by atoms with van der Waals surface area (Å²) >= 11 is 0. The molecule has 0 atom stereocenters. The van der Waals surface area contributed by atoms with E-state index in [2.05, 4.69) is 5.32 Å². The first-order chi connectivity index (χ1) is 7.56. The Morgan fingerprint density at radius 1 is 1.38 bits per heavy atom. The van der Waals surface area contributed by atoms with Crippen molar-refractivity contribution >= 4 is 11.8 Å². The summed E-state index contributed by atoms with van der Waals surface area (Å²) in [6, 6.07) is 0. The van der Waals surface area contributed by atoms with Gasteiger partial charge in [-0.05, 0) is 19.4 Å². The maximum atomic E-state index is 10.8. The highest BCUT2D eigenvalue weighted by Gasteiger charge is 1.96. The predicted molar refractivity (Wildman–Crippen MR) is 60.0 cm³/mol. The van der Waals surface area contributed by atoms with Gasteiger partial charge in [-0.25, -0.2) is 5.84 Å². The third-order valence-electron chi connectivity index (χ3n) is 1.76. The molecule has 16 heavy (non-hydrogen) atoms. The Morgan fingerprint density at radius 2 is 2.06 bits per heavy atom. The van der Waals surface area contributed by atoms with Gasteiger partial charge in [0.1, 0.15) is 0 Å². The summed E-state index contributed by atoms with van der Waals surface area (Å²) in [5.74, 6) is 5.28. The molecule has 0 aromatic carbocycles. The SMILES string of the molecule is CC(=O)NCCCO/C(C)=C\CC(=O)NN. The molecule has 0 aliphatic rings. The molecule has 4 N–H and O–H groups in total. The molecule has 0 aliphatic heterocycles. The molecular formula is C10H19N3O3. The van der Waals surface area contributed by atoms with E-state index in [0.29, 0.717) is 18.9 Å². The van der Waals surface area contributed by atoms with Crippen LogP contribution in [0.1, 0.15) is 26.7 Å². The minimum Gasteiger partial charge on any atom is -0.498 e. The molecule has 92 valence electrons. The Labute approximate surface area is 95.2 Å². The molecule has 0 bridgehead atoms. The number of carbonyl (C=O) groups is 2. The number of ether oxygens (including phenoxy) is 1. The van der Waals surface area contributed by atoms with Gasteiger partial charge in [0.25, 0.3) is 0 Å². The second-order valence-electron chi connectivity index (χ2n) is 3.27. The second-order valence-corrected chi connectivity index (χ2v) is 3.27. The van der Waals surface area contributed by atoms with Crippen LogP contribution in [0.2, 0.25) is 0 Å². The van der Waals surface area contributed by atoms with E-state index in [1.165, 1.54) is 6.92 Å². The van der Waals surface area contributed by atoms with Crippen LogP contribution in [0.3, 0.4) is 0 Å². The first-order valence-electron chi connectivity index (χ1n) is 5.09. The summed E-state index contributed by atoms with van der Waals surface area (Å²) in [6.45, 7) is 4.33. The summed E-state index contributed by atoms with van der Waals surface area (Å²) in [5, 5.41) is 2.66. The lowest BCUT2D eigenvalue weighted by molar-refractivity contribution is -0.120. The van der Waals surface area contributed by atoms with Crippen molar-refractivity contribution in [3.63, 3.8) is 0 Å². The van der Waals surface area contributed by atoms with E-state index in [0.717, 1.165) is 6.42 Å². The summed E-state index contributed by atoms with van der Waals surface area (Å²) in [7, 11) is 0. The molecule has 6 heteroatoms. The molecule has 0 radical (unpaired) electrons. The fraction of sp³-hybridized carbons (Fsp3) is 0.600. The second kappa shape index (κ2) is 8.72. The number of hydrazine groups is 1. The van der Waals surface area contributed by atoms with Crippen LogP contribution < -0.4 is 16.6 Å². The number of hydrogen-bond donors (Lipinski definition) is 3. The fourth-order valence-corrected chi connectivity index (χ4v) is 0.924. The normalized spacial score (nSPS) is 10.8. The van der Waals surface area contributed by atoms with Crippen molar-refractivity contribution in [2.45, 2.75) is 26.7 Å².